The van der Waals surface area contributed by atoms with Gasteiger partial charge >= 0.3 is 0 Å². The van der Waals surface area contributed by atoms with Crippen molar-refractivity contribution in [1.82, 2.24) is 15.3 Å². The van der Waals surface area contributed by atoms with Crippen LogP contribution >= 0.6 is 11.6 Å². The molecule has 3 rings (SSSR count). The third-order valence-corrected chi connectivity index (χ3v) is 5.00. The highest BCUT2D eigenvalue weighted by Gasteiger charge is 2.18. The number of rotatable bonds is 7. The minimum absolute atomic E-state index is 0.0711. The van der Waals surface area contributed by atoms with Crippen molar-refractivity contribution < 1.29 is 14.3 Å². The van der Waals surface area contributed by atoms with Crippen LogP contribution in [0.5, 0.6) is 0 Å². The van der Waals surface area contributed by atoms with Gasteiger partial charge in [-0.05, 0) is 43.2 Å². The van der Waals surface area contributed by atoms with E-state index < -0.39 is 23.4 Å². The zero-order valence-corrected chi connectivity index (χ0v) is 18.6. The minimum Gasteiger partial charge on any atom is -0.392 e. The molecule has 4 N–H and O–H groups in total. The van der Waals surface area contributed by atoms with Crippen molar-refractivity contribution in [1.29, 1.82) is 0 Å². The Kier molecular flexibility index (Phi) is 7.27. The quantitative estimate of drug-likeness (QED) is 0.424. The molecule has 0 saturated heterocycles. The van der Waals surface area contributed by atoms with Crippen LogP contribution in [-0.4, -0.2) is 33.6 Å². The van der Waals surface area contributed by atoms with E-state index in [1.807, 2.05) is 13.8 Å². The second-order valence-electron chi connectivity index (χ2n) is 7.72. The summed E-state index contributed by atoms with van der Waals surface area (Å²) >= 11 is 6.01. The van der Waals surface area contributed by atoms with E-state index in [2.05, 4.69) is 20.6 Å². The molecular weight excluding hydrogens is 435 g/mol. The Labute approximate surface area is 189 Å². The van der Waals surface area contributed by atoms with E-state index in [0.717, 1.165) is 0 Å². The minimum atomic E-state index is -0.700. The fraction of sp³-hybridized carbons (Fsp3) is 0.261. The monoisotopic (exact) mass is 458 g/mol. The fourth-order valence-corrected chi connectivity index (χ4v) is 3.34. The average Bonchev–Trinajstić information content (AvgIpc) is 2.75. The number of aliphatic hydroxyl groups is 1. The summed E-state index contributed by atoms with van der Waals surface area (Å²) < 4.78 is 14.5. The van der Waals surface area contributed by atoms with Crippen LogP contribution in [0.4, 0.5) is 15.8 Å². The van der Waals surface area contributed by atoms with Gasteiger partial charge in [0.2, 0.25) is 0 Å². The molecule has 1 aromatic carbocycles. The summed E-state index contributed by atoms with van der Waals surface area (Å²) in [4.78, 5) is 32.2. The molecule has 7 nitrogen and oxygen atoms in total. The van der Waals surface area contributed by atoms with Crippen molar-refractivity contribution >= 4 is 28.9 Å². The number of aromatic amines is 1. The number of amides is 1. The number of aromatic nitrogens is 2. The lowest BCUT2D eigenvalue weighted by Gasteiger charge is -2.18. The number of H-pyrrole nitrogens is 1. The average molecular weight is 459 g/mol. The van der Waals surface area contributed by atoms with Gasteiger partial charge in [0.1, 0.15) is 5.82 Å². The summed E-state index contributed by atoms with van der Waals surface area (Å²) in [7, 11) is 0. The molecule has 1 amide bonds. The SMILES string of the molecule is CC(O)CNC(=O)c1cnccc1Nc1cc(-c2cc(Cl)ccc2F)c(=O)[nH]c1C(C)C. The normalized spacial score (nSPS) is 12.0. The van der Waals surface area contributed by atoms with Crippen LogP contribution in [0.3, 0.4) is 0 Å². The summed E-state index contributed by atoms with van der Waals surface area (Å²) in [6.45, 7) is 5.45. The first-order valence-electron chi connectivity index (χ1n) is 10.1. The summed E-state index contributed by atoms with van der Waals surface area (Å²) in [5, 5.41) is 15.5. The van der Waals surface area contributed by atoms with Crippen molar-refractivity contribution in [2.75, 3.05) is 11.9 Å². The van der Waals surface area contributed by atoms with Gasteiger partial charge in [-0.1, -0.05) is 25.4 Å². The number of hydrogen-bond donors (Lipinski definition) is 4. The number of hydrogen-bond acceptors (Lipinski definition) is 5. The van der Waals surface area contributed by atoms with E-state index in [1.54, 1.807) is 19.1 Å². The molecule has 32 heavy (non-hydrogen) atoms. The zero-order chi connectivity index (χ0) is 23.4. The van der Waals surface area contributed by atoms with Crippen LogP contribution in [0.15, 0.2) is 47.5 Å². The summed E-state index contributed by atoms with van der Waals surface area (Å²) in [5.74, 6) is -1.07. The predicted molar refractivity (Wildman–Crippen MR) is 123 cm³/mol. The van der Waals surface area contributed by atoms with Crippen LogP contribution < -0.4 is 16.2 Å². The number of nitrogens with one attached hydrogen (secondary N) is 3. The van der Waals surface area contributed by atoms with Crippen LogP contribution in [0.25, 0.3) is 11.1 Å². The molecule has 0 aliphatic heterocycles. The lowest BCUT2D eigenvalue weighted by Crippen LogP contribution is -2.31. The second kappa shape index (κ2) is 9.93. The molecular formula is C23H24ClFN4O3. The second-order valence-corrected chi connectivity index (χ2v) is 8.16. The maximum Gasteiger partial charge on any atom is 0.256 e. The number of halogens is 2. The maximum absolute atomic E-state index is 14.5. The molecule has 1 atom stereocenters. The van der Waals surface area contributed by atoms with Crippen molar-refractivity contribution in [2.45, 2.75) is 32.8 Å². The highest BCUT2D eigenvalue weighted by Crippen LogP contribution is 2.31. The molecule has 0 aliphatic rings. The summed E-state index contributed by atoms with van der Waals surface area (Å²) in [6.07, 6.45) is 2.22. The molecule has 0 bridgehead atoms. The number of anilines is 2. The number of carbonyl (C=O) groups is 1. The van der Waals surface area contributed by atoms with E-state index in [-0.39, 0.29) is 29.2 Å². The topological polar surface area (TPSA) is 107 Å². The highest BCUT2D eigenvalue weighted by molar-refractivity contribution is 6.30. The van der Waals surface area contributed by atoms with Gasteiger partial charge in [0, 0.05) is 35.2 Å². The van der Waals surface area contributed by atoms with Crippen molar-refractivity contribution in [3.05, 3.63) is 75.2 Å². The number of benzene rings is 1. The molecule has 3 aromatic rings. The van der Waals surface area contributed by atoms with Gasteiger partial charge in [-0.15, -0.1) is 0 Å². The zero-order valence-electron chi connectivity index (χ0n) is 17.9. The van der Waals surface area contributed by atoms with Gasteiger partial charge in [-0.3, -0.25) is 14.6 Å². The fourth-order valence-electron chi connectivity index (χ4n) is 3.17. The van der Waals surface area contributed by atoms with E-state index in [9.17, 15) is 19.1 Å². The van der Waals surface area contributed by atoms with E-state index >= 15 is 0 Å². The Morgan fingerprint density at radius 1 is 1.19 bits per heavy atom. The first kappa shape index (κ1) is 23.4. The molecule has 0 fully saturated rings. The summed E-state index contributed by atoms with van der Waals surface area (Å²) in [5.41, 5.74) is 1.51. The van der Waals surface area contributed by atoms with Gasteiger partial charge in [-0.25, -0.2) is 4.39 Å². The van der Waals surface area contributed by atoms with Gasteiger partial charge in [-0.2, -0.15) is 0 Å². The third-order valence-electron chi connectivity index (χ3n) is 4.76. The number of carbonyl (C=O) groups excluding carboxylic acids is 1. The van der Waals surface area contributed by atoms with Crippen LogP contribution in [-0.2, 0) is 0 Å². The van der Waals surface area contributed by atoms with Crippen molar-refractivity contribution in [2.24, 2.45) is 0 Å². The Morgan fingerprint density at radius 2 is 1.94 bits per heavy atom. The number of pyridine rings is 2. The van der Waals surface area contributed by atoms with Gasteiger partial charge in [0.05, 0.1) is 28.6 Å². The van der Waals surface area contributed by atoms with Crippen LogP contribution in [0.1, 0.15) is 42.7 Å². The van der Waals surface area contributed by atoms with Crippen molar-refractivity contribution in [3.8, 4) is 11.1 Å². The van der Waals surface area contributed by atoms with E-state index in [0.29, 0.717) is 22.1 Å². The highest BCUT2D eigenvalue weighted by atomic mass is 35.5. The molecule has 1 unspecified atom stereocenters. The van der Waals surface area contributed by atoms with E-state index in [4.69, 9.17) is 11.6 Å². The van der Waals surface area contributed by atoms with Gasteiger partial charge in [0.25, 0.3) is 11.5 Å². The van der Waals surface area contributed by atoms with E-state index in [1.165, 1.54) is 30.6 Å². The Bertz CT molecular complexity index is 1190. The first-order valence-corrected chi connectivity index (χ1v) is 10.4. The molecule has 0 aliphatic carbocycles. The Hall–Kier alpha value is -3.23. The molecule has 2 aromatic heterocycles. The molecule has 168 valence electrons. The first-order chi connectivity index (χ1) is 15.2. The lowest BCUT2D eigenvalue weighted by atomic mass is 10.0. The van der Waals surface area contributed by atoms with Gasteiger partial charge < -0.3 is 20.7 Å². The predicted octanol–water partition coefficient (Wildman–Crippen LogP) is 4.21. The maximum atomic E-state index is 14.5. The van der Waals surface area contributed by atoms with Gasteiger partial charge in [0.15, 0.2) is 0 Å². The molecule has 9 heteroatoms. The van der Waals surface area contributed by atoms with Crippen molar-refractivity contribution in [3.63, 3.8) is 0 Å². The Morgan fingerprint density at radius 3 is 2.62 bits per heavy atom. The molecule has 2 heterocycles. The van der Waals surface area contributed by atoms with Crippen LogP contribution in [0.2, 0.25) is 5.02 Å². The number of nitrogens with zero attached hydrogens (tertiary/aromatic N) is 1. The standard InChI is InChI=1S/C23H24ClFN4O3/c1-12(2)21-20(9-16(23(32)29-21)15-8-14(24)4-5-18(15)25)28-19-6-7-26-11-17(19)22(31)27-10-13(3)30/h4-9,11-13,30H,10H2,1-3H3,(H,26,28)(H,27,31)(H,29,32). The third kappa shape index (κ3) is 5.33. The Balaban J connectivity index is 2.08. The largest absolute Gasteiger partial charge is 0.392 e. The lowest BCUT2D eigenvalue weighted by molar-refractivity contribution is 0.0924. The molecule has 0 spiro atoms. The smallest absolute Gasteiger partial charge is 0.256 e. The summed E-state index contributed by atoms with van der Waals surface area (Å²) in [6, 6.07) is 7.16. The molecule has 0 radical (unpaired) electrons. The number of aliphatic hydroxyl groups excluding tert-OH is 1. The molecule has 0 saturated carbocycles. The van der Waals surface area contributed by atoms with Crippen LogP contribution in [0, 0.1) is 5.82 Å².